The van der Waals surface area contributed by atoms with Gasteiger partial charge in [0.1, 0.15) is 0 Å². The van der Waals surface area contributed by atoms with Crippen molar-refractivity contribution in [3.63, 3.8) is 0 Å². The van der Waals surface area contributed by atoms with Crippen LogP contribution in [0.15, 0.2) is 18.2 Å². The molecular weight excluding hydrogens is 272 g/mol. The van der Waals surface area contributed by atoms with E-state index in [1.165, 1.54) is 0 Å². The number of amides is 1. The summed E-state index contributed by atoms with van der Waals surface area (Å²) in [5.41, 5.74) is 8.66. The number of benzene rings is 1. The van der Waals surface area contributed by atoms with Crippen LogP contribution in [0.1, 0.15) is 31.1 Å². The normalized spacial score (nSPS) is 9.05. The van der Waals surface area contributed by atoms with Crippen LogP contribution in [0.5, 0.6) is 0 Å². The van der Waals surface area contributed by atoms with Gasteiger partial charge in [0.15, 0.2) is 0 Å². The van der Waals surface area contributed by atoms with Gasteiger partial charge in [-0.05, 0) is 18.2 Å². The fourth-order valence-electron chi connectivity index (χ4n) is 1.07. The quantitative estimate of drug-likeness (QED) is 0.476. The van der Waals surface area contributed by atoms with Crippen LogP contribution in [0.3, 0.4) is 0 Å². The predicted molar refractivity (Wildman–Crippen MR) is 65.6 cm³/mol. The molecule has 1 rings (SSSR count). The number of aliphatic carboxylic acids is 1. The Bertz CT molecular complexity index is 554. The lowest BCUT2D eigenvalue weighted by molar-refractivity contribution is -0.135. The molecule has 0 saturated heterocycles. The van der Waals surface area contributed by atoms with E-state index in [2.05, 4.69) is 5.73 Å². The first-order chi connectivity index (χ1) is 9.20. The Morgan fingerprint density at radius 2 is 1.45 bits per heavy atom. The van der Waals surface area contributed by atoms with Crippen molar-refractivity contribution in [3.8, 4) is 0 Å². The van der Waals surface area contributed by atoms with Gasteiger partial charge in [-0.15, -0.1) is 0 Å². The highest BCUT2D eigenvalue weighted by Gasteiger charge is 2.16. The number of nitrogens with two attached hydrogens (primary N) is 2. The van der Waals surface area contributed by atoms with Gasteiger partial charge in [0, 0.05) is 0 Å². The van der Waals surface area contributed by atoms with Gasteiger partial charge in [0.2, 0.25) is 5.91 Å². The molecular formula is C11H12N2O7. The van der Waals surface area contributed by atoms with E-state index < -0.39 is 29.4 Å². The SMILES string of the molecule is NC(=O)c1ccc(C(=O)O)cc1C(=O)O.NCC(=O)O. The first-order valence-corrected chi connectivity index (χ1v) is 5.03. The Kier molecular flexibility index (Phi) is 6.38. The summed E-state index contributed by atoms with van der Waals surface area (Å²) in [6.07, 6.45) is 0. The highest BCUT2D eigenvalue weighted by atomic mass is 16.4. The van der Waals surface area contributed by atoms with Crippen molar-refractivity contribution in [2.45, 2.75) is 0 Å². The summed E-state index contributed by atoms with van der Waals surface area (Å²) in [4.78, 5) is 41.3. The number of primary amides is 1. The highest BCUT2D eigenvalue weighted by molar-refractivity contribution is 6.05. The molecule has 1 amide bonds. The summed E-state index contributed by atoms with van der Waals surface area (Å²) in [6.45, 7) is -0.278. The molecule has 0 aromatic heterocycles. The lowest BCUT2D eigenvalue weighted by Gasteiger charge is -2.02. The lowest BCUT2D eigenvalue weighted by atomic mass is 10.0. The molecule has 1 aromatic rings. The lowest BCUT2D eigenvalue weighted by Crippen LogP contribution is -2.17. The molecule has 0 radical (unpaired) electrons. The topological polar surface area (TPSA) is 181 Å². The summed E-state index contributed by atoms with van der Waals surface area (Å²) in [5, 5.41) is 24.9. The molecule has 0 aliphatic rings. The van der Waals surface area contributed by atoms with Crippen LogP contribution in [0, 0.1) is 0 Å². The Morgan fingerprint density at radius 3 is 1.75 bits per heavy atom. The van der Waals surface area contributed by atoms with Crippen molar-refractivity contribution >= 4 is 23.8 Å². The molecule has 20 heavy (non-hydrogen) atoms. The van der Waals surface area contributed by atoms with Crippen molar-refractivity contribution < 1.29 is 34.5 Å². The molecule has 108 valence electrons. The minimum atomic E-state index is -1.40. The van der Waals surface area contributed by atoms with Crippen LogP contribution in [0.25, 0.3) is 0 Å². The van der Waals surface area contributed by atoms with Gasteiger partial charge in [-0.2, -0.15) is 0 Å². The van der Waals surface area contributed by atoms with Crippen LogP contribution in [0.4, 0.5) is 0 Å². The number of carboxylic acids is 3. The molecule has 0 atom stereocenters. The van der Waals surface area contributed by atoms with Crippen molar-refractivity contribution in [1.82, 2.24) is 0 Å². The second kappa shape index (κ2) is 7.48. The minimum Gasteiger partial charge on any atom is -0.480 e. The summed E-state index contributed by atoms with van der Waals surface area (Å²) < 4.78 is 0. The fraction of sp³-hybridized carbons (Fsp3) is 0.0909. The number of hydrogen-bond acceptors (Lipinski definition) is 5. The first kappa shape index (κ1) is 17.1. The molecule has 0 fully saturated rings. The average molecular weight is 284 g/mol. The van der Waals surface area contributed by atoms with Gasteiger partial charge < -0.3 is 26.8 Å². The molecule has 0 spiro atoms. The maximum atomic E-state index is 10.8. The average Bonchev–Trinajstić information content (AvgIpc) is 2.38. The minimum absolute atomic E-state index is 0.211. The van der Waals surface area contributed by atoms with E-state index in [0.29, 0.717) is 0 Å². The Hall–Kier alpha value is -2.94. The third-order valence-corrected chi connectivity index (χ3v) is 1.94. The van der Waals surface area contributed by atoms with E-state index in [-0.39, 0.29) is 17.7 Å². The fourth-order valence-corrected chi connectivity index (χ4v) is 1.07. The second-order valence-electron chi connectivity index (χ2n) is 3.33. The molecule has 0 saturated carbocycles. The molecule has 0 aliphatic carbocycles. The first-order valence-electron chi connectivity index (χ1n) is 5.03. The second-order valence-corrected chi connectivity index (χ2v) is 3.33. The predicted octanol–water partition coefficient (Wildman–Crippen LogP) is -0.788. The monoisotopic (exact) mass is 284 g/mol. The maximum Gasteiger partial charge on any atom is 0.336 e. The number of carboxylic acid groups (broad SMARTS) is 3. The summed E-state index contributed by atoms with van der Waals surface area (Å²) >= 11 is 0. The summed E-state index contributed by atoms with van der Waals surface area (Å²) in [6, 6.07) is 3.09. The van der Waals surface area contributed by atoms with Gasteiger partial charge in [-0.1, -0.05) is 0 Å². The van der Waals surface area contributed by atoms with Crippen LogP contribution < -0.4 is 11.5 Å². The molecule has 9 heteroatoms. The number of carbonyl (C=O) groups excluding carboxylic acids is 1. The van der Waals surface area contributed by atoms with Crippen molar-refractivity contribution in [1.29, 1.82) is 0 Å². The number of rotatable bonds is 4. The molecule has 1 aromatic carbocycles. The van der Waals surface area contributed by atoms with Gasteiger partial charge in [-0.25, -0.2) is 9.59 Å². The third kappa shape index (κ3) is 5.14. The molecule has 0 unspecified atom stereocenters. The largest absolute Gasteiger partial charge is 0.480 e. The number of carbonyl (C=O) groups is 4. The van der Waals surface area contributed by atoms with Gasteiger partial charge in [0.25, 0.3) is 0 Å². The van der Waals surface area contributed by atoms with Crippen LogP contribution in [-0.2, 0) is 4.79 Å². The van der Waals surface area contributed by atoms with Crippen molar-refractivity contribution in [2.24, 2.45) is 11.5 Å². The van der Waals surface area contributed by atoms with E-state index in [1.54, 1.807) is 0 Å². The highest BCUT2D eigenvalue weighted by Crippen LogP contribution is 2.12. The van der Waals surface area contributed by atoms with Crippen LogP contribution in [-0.4, -0.2) is 45.7 Å². The van der Waals surface area contributed by atoms with Crippen LogP contribution >= 0.6 is 0 Å². The molecule has 7 N–H and O–H groups in total. The van der Waals surface area contributed by atoms with Crippen molar-refractivity contribution in [3.05, 3.63) is 34.9 Å². The van der Waals surface area contributed by atoms with Gasteiger partial charge in [-0.3, -0.25) is 9.59 Å². The zero-order valence-corrected chi connectivity index (χ0v) is 10.1. The van der Waals surface area contributed by atoms with Gasteiger partial charge >= 0.3 is 17.9 Å². The maximum absolute atomic E-state index is 10.8. The standard InChI is InChI=1S/C9H7NO5.C2H5NO2/c10-7(11)5-2-1-4(8(12)13)3-6(5)9(14)15;3-1-2(4)5/h1-3H,(H2,10,11)(H,12,13)(H,14,15);1,3H2,(H,4,5). The van der Waals surface area contributed by atoms with Gasteiger partial charge in [0.05, 0.1) is 23.2 Å². The van der Waals surface area contributed by atoms with E-state index >= 15 is 0 Å². The molecule has 0 heterocycles. The molecule has 9 nitrogen and oxygen atoms in total. The van der Waals surface area contributed by atoms with Crippen LogP contribution in [0.2, 0.25) is 0 Å². The van der Waals surface area contributed by atoms with Crippen molar-refractivity contribution in [2.75, 3.05) is 6.54 Å². The zero-order chi connectivity index (χ0) is 15.9. The Balaban J connectivity index is 0.000000621. The summed E-state index contributed by atoms with van der Waals surface area (Å²) in [5.74, 6) is -4.55. The summed E-state index contributed by atoms with van der Waals surface area (Å²) in [7, 11) is 0. The smallest absolute Gasteiger partial charge is 0.336 e. The van der Waals surface area contributed by atoms with E-state index in [1.807, 2.05) is 0 Å². The number of aromatic carboxylic acids is 2. The zero-order valence-electron chi connectivity index (χ0n) is 10.1. The van der Waals surface area contributed by atoms with E-state index in [0.717, 1.165) is 18.2 Å². The molecule has 0 bridgehead atoms. The number of hydrogen-bond donors (Lipinski definition) is 5. The Morgan fingerprint density at radius 1 is 0.950 bits per heavy atom. The third-order valence-electron chi connectivity index (χ3n) is 1.94. The van der Waals surface area contributed by atoms with E-state index in [4.69, 9.17) is 21.1 Å². The molecule has 0 aliphatic heterocycles. The van der Waals surface area contributed by atoms with E-state index in [9.17, 15) is 19.2 Å². The Labute approximate surface area is 112 Å².